The fourth-order valence-corrected chi connectivity index (χ4v) is 4.68. The van der Waals surface area contributed by atoms with Crippen LogP contribution in [0.15, 0.2) is 0 Å². The van der Waals surface area contributed by atoms with Gasteiger partial charge in [0.2, 0.25) is 0 Å². The van der Waals surface area contributed by atoms with Crippen LogP contribution in [0.25, 0.3) is 0 Å². The van der Waals surface area contributed by atoms with E-state index in [1.165, 1.54) is 19.3 Å². The van der Waals surface area contributed by atoms with E-state index in [-0.39, 0.29) is 18.8 Å². The summed E-state index contributed by atoms with van der Waals surface area (Å²) < 4.78 is 5.98. The van der Waals surface area contributed by atoms with Gasteiger partial charge in [0.25, 0.3) is 5.09 Å². The Kier molecular flexibility index (Phi) is 3.39. The summed E-state index contributed by atoms with van der Waals surface area (Å²) in [4.78, 5) is 14.2. The zero-order valence-electron chi connectivity index (χ0n) is 11.0. The van der Waals surface area contributed by atoms with Crippen LogP contribution in [0.5, 0.6) is 0 Å². The summed E-state index contributed by atoms with van der Waals surface area (Å²) in [5, 5.41) is 18.8. The van der Waals surface area contributed by atoms with Gasteiger partial charge in [0.15, 0.2) is 0 Å². The van der Waals surface area contributed by atoms with Gasteiger partial charge in [0.1, 0.15) is 12.7 Å². The molecule has 4 rings (SSSR count). The largest absolute Gasteiger partial charge is 0.389 e. The number of nitrogens with zero attached hydrogens (tertiary/aromatic N) is 1. The fourth-order valence-electron chi connectivity index (χ4n) is 4.68. The first-order valence-electron chi connectivity index (χ1n) is 7.14. The second-order valence-electron chi connectivity index (χ2n) is 6.58. The van der Waals surface area contributed by atoms with E-state index in [0.29, 0.717) is 0 Å². The molecule has 4 bridgehead atoms. The lowest BCUT2D eigenvalue weighted by Gasteiger charge is -2.56. The highest BCUT2D eigenvalue weighted by Crippen LogP contribution is 2.57. The van der Waals surface area contributed by atoms with Crippen molar-refractivity contribution in [1.29, 1.82) is 0 Å². The predicted octanol–water partition coefficient (Wildman–Crippen LogP) is 1.54. The van der Waals surface area contributed by atoms with Crippen molar-refractivity contribution in [2.45, 2.75) is 50.2 Å². The molecule has 0 radical (unpaired) electrons. The highest BCUT2D eigenvalue weighted by atomic mass is 17.0. The Bertz CT molecular complexity index is 324. The molecular formula is C13H21NO5. The van der Waals surface area contributed by atoms with E-state index >= 15 is 0 Å². The first-order chi connectivity index (χ1) is 9.05. The molecule has 19 heavy (non-hydrogen) atoms. The van der Waals surface area contributed by atoms with E-state index in [1.807, 2.05) is 0 Å². The van der Waals surface area contributed by atoms with E-state index in [0.717, 1.165) is 37.0 Å². The summed E-state index contributed by atoms with van der Waals surface area (Å²) in [5.74, 6) is 2.37. The van der Waals surface area contributed by atoms with Crippen molar-refractivity contribution in [2.24, 2.45) is 17.8 Å². The predicted molar refractivity (Wildman–Crippen MR) is 65.8 cm³/mol. The van der Waals surface area contributed by atoms with Gasteiger partial charge in [-0.15, -0.1) is 10.1 Å². The van der Waals surface area contributed by atoms with Crippen LogP contribution in [-0.2, 0) is 9.57 Å². The van der Waals surface area contributed by atoms with Gasteiger partial charge < -0.3 is 14.7 Å². The molecule has 0 aliphatic heterocycles. The number of aliphatic hydroxyl groups is 1. The van der Waals surface area contributed by atoms with Crippen molar-refractivity contribution in [1.82, 2.24) is 0 Å². The Morgan fingerprint density at radius 3 is 2.16 bits per heavy atom. The highest BCUT2D eigenvalue weighted by Gasteiger charge is 2.51. The number of aliphatic hydroxyl groups excluding tert-OH is 1. The number of rotatable bonds is 6. The summed E-state index contributed by atoms with van der Waals surface area (Å²) in [5.41, 5.74) is -0.0651. The number of hydrogen-bond donors (Lipinski definition) is 1. The molecule has 0 aromatic carbocycles. The number of hydrogen-bond acceptors (Lipinski definition) is 5. The maximum Gasteiger partial charge on any atom is 0.294 e. The van der Waals surface area contributed by atoms with Crippen LogP contribution in [0.4, 0.5) is 0 Å². The summed E-state index contributed by atoms with van der Waals surface area (Å²) in [7, 11) is 0. The molecular weight excluding hydrogens is 250 g/mol. The Morgan fingerprint density at radius 1 is 1.16 bits per heavy atom. The topological polar surface area (TPSA) is 81.8 Å². The minimum atomic E-state index is -0.918. The van der Waals surface area contributed by atoms with E-state index in [9.17, 15) is 15.2 Å². The zero-order valence-corrected chi connectivity index (χ0v) is 11.0. The lowest BCUT2D eigenvalue weighted by Crippen LogP contribution is -2.52. The molecule has 4 saturated carbocycles. The summed E-state index contributed by atoms with van der Waals surface area (Å²) in [6.45, 7) is -0.167. The molecule has 6 nitrogen and oxygen atoms in total. The van der Waals surface area contributed by atoms with E-state index in [4.69, 9.17) is 4.74 Å². The Balaban J connectivity index is 1.51. The third-order valence-electron chi connectivity index (χ3n) is 4.94. The summed E-state index contributed by atoms with van der Waals surface area (Å²) in [6.07, 6.45) is 6.41. The lowest BCUT2D eigenvalue weighted by atomic mass is 9.54. The van der Waals surface area contributed by atoms with Gasteiger partial charge in [0.05, 0.1) is 12.2 Å². The third-order valence-corrected chi connectivity index (χ3v) is 4.94. The second kappa shape index (κ2) is 4.90. The van der Waals surface area contributed by atoms with Gasteiger partial charge in [0, 0.05) is 0 Å². The smallest absolute Gasteiger partial charge is 0.294 e. The summed E-state index contributed by atoms with van der Waals surface area (Å²) in [6, 6.07) is 0. The zero-order chi connectivity index (χ0) is 13.5. The molecule has 0 spiro atoms. The van der Waals surface area contributed by atoms with Gasteiger partial charge in [-0.1, -0.05) is 0 Å². The Hall–Kier alpha value is -0.880. The maximum absolute atomic E-state index is 10.1. The molecule has 0 saturated heterocycles. The molecule has 0 aromatic heterocycles. The molecule has 108 valence electrons. The van der Waals surface area contributed by atoms with Crippen molar-refractivity contribution in [3.63, 3.8) is 0 Å². The van der Waals surface area contributed by atoms with E-state index in [1.54, 1.807) is 0 Å². The van der Waals surface area contributed by atoms with Crippen LogP contribution >= 0.6 is 0 Å². The number of ether oxygens (including phenoxy) is 1. The molecule has 4 fully saturated rings. The molecule has 6 heteroatoms. The highest BCUT2D eigenvalue weighted by molar-refractivity contribution is 5.03. The van der Waals surface area contributed by atoms with Crippen LogP contribution in [-0.4, -0.2) is 35.1 Å². The van der Waals surface area contributed by atoms with Crippen molar-refractivity contribution >= 4 is 0 Å². The van der Waals surface area contributed by atoms with Gasteiger partial charge in [-0.05, 0) is 56.3 Å². The monoisotopic (exact) mass is 271 g/mol. The van der Waals surface area contributed by atoms with Crippen molar-refractivity contribution in [2.75, 3.05) is 13.2 Å². The molecule has 0 heterocycles. The van der Waals surface area contributed by atoms with Gasteiger partial charge in [-0.25, -0.2) is 0 Å². The Labute approximate surface area is 112 Å². The molecule has 1 unspecified atom stereocenters. The normalized spacial score (nSPS) is 41.2. The average Bonchev–Trinajstić information content (AvgIpc) is 2.32. The second-order valence-corrected chi connectivity index (χ2v) is 6.58. The van der Waals surface area contributed by atoms with Crippen molar-refractivity contribution in [3.05, 3.63) is 10.1 Å². The SMILES string of the molecule is O=[N+]([O-])OCC(O)COC12CC3CC(CC(C3)C1)C2. The maximum atomic E-state index is 10.1. The molecule has 4 aliphatic rings. The molecule has 0 aromatic rings. The minimum Gasteiger partial charge on any atom is -0.389 e. The van der Waals surface area contributed by atoms with Crippen LogP contribution in [0.3, 0.4) is 0 Å². The van der Waals surface area contributed by atoms with E-state index < -0.39 is 11.2 Å². The molecule has 1 atom stereocenters. The van der Waals surface area contributed by atoms with Crippen molar-refractivity contribution < 1.29 is 19.8 Å². The quantitative estimate of drug-likeness (QED) is 0.585. The molecule has 1 N–H and O–H groups in total. The van der Waals surface area contributed by atoms with Crippen LogP contribution in [0, 0.1) is 27.9 Å². The third kappa shape index (κ3) is 2.84. The fraction of sp³-hybridized carbons (Fsp3) is 1.00. The lowest BCUT2D eigenvalue weighted by molar-refractivity contribution is -0.759. The van der Waals surface area contributed by atoms with Gasteiger partial charge in [-0.2, -0.15) is 0 Å². The standard InChI is InChI=1S/C13H21NO5/c15-12(8-19-14(16)17)7-18-13-4-9-1-10(5-13)3-11(2-9)6-13/h9-12,15H,1-8H2. The molecule has 4 aliphatic carbocycles. The van der Waals surface area contributed by atoms with E-state index in [2.05, 4.69) is 4.84 Å². The van der Waals surface area contributed by atoms with Crippen LogP contribution in [0.1, 0.15) is 38.5 Å². The van der Waals surface area contributed by atoms with Gasteiger partial charge in [-0.3, -0.25) is 0 Å². The first kappa shape index (κ1) is 13.1. The average molecular weight is 271 g/mol. The minimum absolute atomic E-state index is 0.0651. The summed E-state index contributed by atoms with van der Waals surface area (Å²) >= 11 is 0. The Morgan fingerprint density at radius 2 is 1.68 bits per heavy atom. The van der Waals surface area contributed by atoms with Crippen LogP contribution < -0.4 is 0 Å². The van der Waals surface area contributed by atoms with Gasteiger partial charge >= 0.3 is 0 Å². The van der Waals surface area contributed by atoms with Crippen molar-refractivity contribution in [3.8, 4) is 0 Å². The first-order valence-corrected chi connectivity index (χ1v) is 7.14. The molecule has 0 amide bonds. The van der Waals surface area contributed by atoms with Crippen LogP contribution in [0.2, 0.25) is 0 Å².